The maximum absolute atomic E-state index is 13.9. The fraction of sp³-hybridized carbons (Fsp3) is 0.200. The van der Waals surface area contributed by atoms with Gasteiger partial charge in [-0.3, -0.25) is 0 Å². The Morgan fingerprint density at radius 3 is 2.08 bits per heavy atom. The van der Waals surface area contributed by atoms with Gasteiger partial charge < -0.3 is 0 Å². The Kier molecular flexibility index (Phi) is 4.04. The van der Waals surface area contributed by atoms with Crippen molar-refractivity contribution < 1.29 is 17.2 Å². The summed E-state index contributed by atoms with van der Waals surface area (Å²) < 4.78 is 49.9. The maximum Gasteiger partial charge on any atom is 0.207 e. The van der Waals surface area contributed by atoms with Crippen molar-refractivity contribution in [1.82, 2.24) is 0 Å². The van der Waals surface area contributed by atoms with Crippen molar-refractivity contribution >= 4 is 32.6 Å². The Labute approximate surface area is 155 Å². The van der Waals surface area contributed by atoms with Gasteiger partial charge in [0.1, 0.15) is 5.82 Å². The first kappa shape index (κ1) is 17.4. The third kappa shape index (κ3) is 2.99. The molecule has 2 aliphatic rings. The first-order valence-corrected chi connectivity index (χ1v) is 10.2. The molecule has 1 spiro atoms. The highest BCUT2D eigenvalue weighted by Gasteiger charge is 2.43. The Morgan fingerprint density at radius 1 is 0.962 bits per heavy atom. The number of sulfone groups is 1. The molecule has 2 aromatic rings. The summed E-state index contributed by atoms with van der Waals surface area (Å²) in [5.74, 6) is -0.481. The zero-order valence-electron chi connectivity index (χ0n) is 13.7. The van der Waals surface area contributed by atoms with Gasteiger partial charge in [-0.15, -0.1) is 0 Å². The smallest absolute Gasteiger partial charge is 0.207 e. The van der Waals surface area contributed by atoms with Gasteiger partial charge in [-0.05, 0) is 59.4 Å². The fourth-order valence-corrected chi connectivity index (χ4v) is 4.05. The van der Waals surface area contributed by atoms with Crippen LogP contribution in [0, 0.1) is 11.2 Å². The predicted octanol–water partition coefficient (Wildman–Crippen LogP) is 5.44. The van der Waals surface area contributed by atoms with Crippen LogP contribution < -0.4 is 0 Å². The SMILES string of the molecule is O=S(=O)(CF)c1ccc(C2=CC3(C=C2c2ccc(Cl)c(F)c2)CC3)cc1. The number of rotatable bonds is 4. The largest absolute Gasteiger partial charge is 0.233 e. The van der Waals surface area contributed by atoms with Crippen LogP contribution in [0.25, 0.3) is 11.1 Å². The summed E-state index contributed by atoms with van der Waals surface area (Å²) >= 11 is 5.79. The van der Waals surface area contributed by atoms with E-state index >= 15 is 0 Å². The molecule has 2 nitrogen and oxygen atoms in total. The summed E-state index contributed by atoms with van der Waals surface area (Å²) in [5, 5.41) is 0.0693. The molecule has 0 atom stereocenters. The molecule has 0 aliphatic heterocycles. The van der Waals surface area contributed by atoms with Crippen molar-refractivity contribution in [2.24, 2.45) is 5.41 Å². The number of halogens is 3. The number of benzene rings is 2. The molecule has 0 aromatic heterocycles. The zero-order valence-corrected chi connectivity index (χ0v) is 15.2. The first-order chi connectivity index (χ1) is 12.3. The van der Waals surface area contributed by atoms with Crippen molar-refractivity contribution in [2.45, 2.75) is 17.7 Å². The summed E-state index contributed by atoms with van der Waals surface area (Å²) in [4.78, 5) is -0.0495. The summed E-state index contributed by atoms with van der Waals surface area (Å²) in [6.07, 6.45) is 6.35. The molecule has 4 rings (SSSR count). The Hall–Kier alpha value is -1.98. The van der Waals surface area contributed by atoms with Crippen LogP contribution in [-0.4, -0.2) is 14.4 Å². The zero-order chi connectivity index (χ0) is 18.5. The molecule has 0 bridgehead atoms. The average Bonchev–Trinajstić information content (AvgIpc) is 3.28. The van der Waals surface area contributed by atoms with Crippen LogP contribution in [-0.2, 0) is 9.84 Å². The van der Waals surface area contributed by atoms with Crippen LogP contribution in [0.1, 0.15) is 24.0 Å². The van der Waals surface area contributed by atoms with Crippen LogP contribution in [0.4, 0.5) is 8.78 Å². The van der Waals surface area contributed by atoms with Gasteiger partial charge in [-0.25, -0.2) is 17.2 Å². The van der Waals surface area contributed by atoms with Gasteiger partial charge in [-0.2, -0.15) is 0 Å². The molecular weight excluding hydrogens is 378 g/mol. The van der Waals surface area contributed by atoms with E-state index in [4.69, 9.17) is 11.6 Å². The van der Waals surface area contributed by atoms with Crippen molar-refractivity contribution in [3.8, 4) is 0 Å². The second kappa shape index (κ2) is 6.03. The number of allylic oxidation sites excluding steroid dienone is 4. The molecule has 134 valence electrons. The molecule has 1 fully saturated rings. The number of hydrogen-bond donors (Lipinski definition) is 0. The van der Waals surface area contributed by atoms with E-state index in [0.717, 1.165) is 35.1 Å². The lowest BCUT2D eigenvalue weighted by Gasteiger charge is -2.11. The molecule has 0 N–H and O–H groups in total. The quantitative estimate of drug-likeness (QED) is 0.694. The van der Waals surface area contributed by atoms with Gasteiger partial charge in [-0.1, -0.05) is 42.0 Å². The predicted molar refractivity (Wildman–Crippen MR) is 98.6 cm³/mol. The topological polar surface area (TPSA) is 34.1 Å². The Bertz CT molecular complexity index is 1050. The third-order valence-electron chi connectivity index (χ3n) is 4.88. The van der Waals surface area contributed by atoms with E-state index in [1.54, 1.807) is 18.2 Å². The Balaban J connectivity index is 1.75. The Morgan fingerprint density at radius 2 is 1.54 bits per heavy atom. The van der Waals surface area contributed by atoms with Crippen LogP contribution in [0.2, 0.25) is 5.02 Å². The number of hydrogen-bond acceptors (Lipinski definition) is 2. The highest BCUT2D eigenvalue weighted by Crippen LogP contribution is 2.57. The van der Waals surface area contributed by atoms with Crippen LogP contribution in [0.3, 0.4) is 0 Å². The van der Waals surface area contributed by atoms with E-state index in [9.17, 15) is 17.2 Å². The minimum atomic E-state index is -3.89. The molecule has 26 heavy (non-hydrogen) atoms. The second-order valence-electron chi connectivity index (χ2n) is 6.73. The van der Waals surface area contributed by atoms with Crippen molar-refractivity contribution in [3.63, 3.8) is 0 Å². The van der Waals surface area contributed by atoms with Gasteiger partial charge in [0.15, 0.2) is 6.01 Å². The second-order valence-corrected chi connectivity index (χ2v) is 9.05. The van der Waals surface area contributed by atoms with E-state index in [0.29, 0.717) is 0 Å². The number of alkyl halides is 1. The molecule has 2 aromatic carbocycles. The lowest BCUT2D eigenvalue weighted by molar-refractivity contribution is 0.534. The average molecular weight is 393 g/mol. The normalized spacial score (nSPS) is 18.0. The van der Waals surface area contributed by atoms with Crippen LogP contribution in [0.5, 0.6) is 0 Å². The molecule has 2 aliphatic carbocycles. The van der Waals surface area contributed by atoms with Gasteiger partial charge in [0, 0.05) is 5.41 Å². The van der Waals surface area contributed by atoms with E-state index < -0.39 is 21.7 Å². The summed E-state index contributed by atoms with van der Waals surface area (Å²) in [5.41, 5.74) is 3.37. The lowest BCUT2D eigenvalue weighted by atomic mass is 9.95. The van der Waals surface area contributed by atoms with Gasteiger partial charge in [0.2, 0.25) is 9.84 Å². The summed E-state index contributed by atoms with van der Waals surface area (Å²) in [7, 11) is -3.89. The standard InChI is InChI=1S/C20H15ClF2O2S/c21-18-6-3-14(9-19(18)23)17-11-20(7-8-20)10-16(17)13-1-4-15(5-2-13)26(24,25)12-22/h1-6,9-11H,7-8,12H2. The van der Waals surface area contributed by atoms with Gasteiger partial charge in [0.05, 0.1) is 9.92 Å². The molecular formula is C20H15ClF2O2S. The van der Waals surface area contributed by atoms with Crippen LogP contribution >= 0.6 is 11.6 Å². The highest BCUT2D eigenvalue weighted by atomic mass is 35.5. The summed E-state index contributed by atoms with van der Waals surface area (Å²) in [6, 6.07) is 9.42. The highest BCUT2D eigenvalue weighted by molar-refractivity contribution is 7.91. The van der Waals surface area contributed by atoms with E-state index in [1.165, 1.54) is 24.3 Å². The summed E-state index contributed by atoms with van der Waals surface area (Å²) in [6.45, 7) is 0. The minimum absolute atomic E-state index is 0.00443. The molecule has 0 saturated heterocycles. The monoisotopic (exact) mass is 392 g/mol. The van der Waals surface area contributed by atoms with Crippen molar-refractivity contribution in [2.75, 3.05) is 6.01 Å². The van der Waals surface area contributed by atoms with E-state index in [1.807, 2.05) is 0 Å². The lowest BCUT2D eigenvalue weighted by Crippen LogP contribution is -2.02. The van der Waals surface area contributed by atoms with E-state index in [-0.39, 0.29) is 15.3 Å². The third-order valence-corrected chi connectivity index (χ3v) is 6.46. The van der Waals surface area contributed by atoms with Gasteiger partial charge >= 0.3 is 0 Å². The maximum atomic E-state index is 13.9. The fourth-order valence-electron chi connectivity index (χ4n) is 3.25. The minimum Gasteiger partial charge on any atom is -0.233 e. The molecule has 0 unspecified atom stereocenters. The van der Waals surface area contributed by atoms with Gasteiger partial charge in [0.25, 0.3) is 0 Å². The molecule has 0 amide bonds. The molecule has 0 radical (unpaired) electrons. The molecule has 6 heteroatoms. The van der Waals surface area contributed by atoms with Crippen LogP contribution in [0.15, 0.2) is 59.5 Å². The molecule has 0 heterocycles. The molecule has 1 saturated carbocycles. The van der Waals surface area contributed by atoms with Crippen molar-refractivity contribution in [3.05, 3.63) is 76.6 Å². The first-order valence-electron chi connectivity index (χ1n) is 8.14. The van der Waals surface area contributed by atoms with E-state index in [2.05, 4.69) is 12.2 Å². The van der Waals surface area contributed by atoms with Crippen molar-refractivity contribution in [1.29, 1.82) is 0 Å².